The number of hydrogen-bond donors (Lipinski definition) is 6. The van der Waals surface area contributed by atoms with Crippen molar-refractivity contribution < 1.29 is 68.7 Å². The van der Waals surface area contributed by atoms with Crippen LogP contribution in [0.1, 0.15) is 101 Å². The van der Waals surface area contributed by atoms with Crippen LogP contribution in [-0.2, 0) is 28.5 Å². The van der Waals surface area contributed by atoms with Crippen LogP contribution >= 0.6 is 0 Å². The van der Waals surface area contributed by atoms with Crippen molar-refractivity contribution in [2.24, 2.45) is 0 Å². The normalized spacial score (nSPS) is 34.9. The first-order valence-electron chi connectivity index (χ1n) is 17.0. The SMILES string of the molecule is CC[C@@]1(O)C[C@H](O[C@H]2C[C@H](N(C)C)[C@H](O[C@H]3C[C@H](O)[C@H](O)[C@H](C)O3)[C@H](C)O2)c2c(cc3c(c2O)C(=O)c2c(O)ccc(O)c2C3=O)[C@@H]1C(=O)OC. The molecule has 2 aromatic carbocycles. The summed E-state index contributed by atoms with van der Waals surface area (Å²) in [5.74, 6) is -5.85. The van der Waals surface area contributed by atoms with Gasteiger partial charge in [0.1, 0.15) is 35.4 Å². The number of benzene rings is 2. The zero-order valence-corrected chi connectivity index (χ0v) is 29.2. The third-order valence-electron chi connectivity index (χ3n) is 10.8. The molecule has 0 saturated carbocycles. The standard InChI is InChI=1S/C36H45NO14/c1-7-36(46)13-22(50-23-11-18(37(4)5)34(15(3)49-23)51-24-12-21(40)30(41)14(2)48-24)25-16(29(36)35(45)47-6)10-17-26(32(25)43)33(44)28-20(39)9-8-19(38)27(28)31(17)42/h8-10,14-15,18,21-24,29-30,34,38-41,43,46H,7,11-13H2,1-6H3/t14-,15-,18-,21-,22-,23-,24-,29+,30+,34+,36+/m0/s1. The van der Waals surface area contributed by atoms with Crippen LogP contribution in [0.3, 0.4) is 0 Å². The maximum absolute atomic E-state index is 13.9. The quantitative estimate of drug-likeness (QED) is 0.152. The average molecular weight is 716 g/mol. The van der Waals surface area contributed by atoms with E-state index >= 15 is 0 Å². The van der Waals surface area contributed by atoms with E-state index in [2.05, 4.69) is 0 Å². The summed E-state index contributed by atoms with van der Waals surface area (Å²) in [6.45, 7) is 5.08. The van der Waals surface area contributed by atoms with E-state index in [4.69, 9.17) is 23.7 Å². The molecule has 6 N–H and O–H groups in total. The Labute approximate surface area is 294 Å². The Morgan fingerprint density at radius 2 is 1.55 bits per heavy atom. The first-order valence-corrected chi connectivity index (χ1v) is 17.0. The first-order chi connectivity index (χ1) is 24.0. The number of nitrogens with zero attached hydrogens (tertiary/aromatic N) is 1. The molecule has 4 aliphatic rings. The summed E-state index contributed by atoms with van der Waals surface area (Å²) in [5, 5.41) is 65.4. The second-order valence-electron chi connectivity index (χ2n) is 14.1. The maximum Gasteiger partial charge on any atom is 0.316 e. The number of phenols is 3. The number of methoxy groups -OCH3 is 1. The van der Waals surface area contributed by atoms with E-state index in [1.165, 1.54) is 6.07 Å². The van der Waals surface area contributed by atoms with Gasteiger partial charge in [0.15, 0.2) is 18.4 Å². The van der Waals surface area contributed by atoms with Gasteiger partial charge in [-0.15, -0.1) is 0 Å². The summed E-state index contributed by atoms with van der Waals surface area (Å²) < 4.78 is 30.0. The highest BCUT2D eigenvalue weighted by Gasteiger charge is 2.53. The third-order valence-corrected chi connectivity index (χ3v) is 10.8. The van der Waals surface area contributed by atoms with Crippen LogP contribution in [0.5, 0.6) is 17.2 Å². The van der Waals surface area contributed by atoms with E-state index in [-0.39, 0.29) is 48.4 Å². The molecule has 0 spiro atoms. The molecule has 0 unspecified atom stereocenters. The van der Waals surface area contributed by atoms with Crippen LogP contribution in [0.4, 0.5) is 0 Å². The second kappa shape index (κ2) is 13.7. The minimum atomic E-state index is -1.79. The molecule has 15 nitrogen and oxygen atoms in total. The van der Waals surface area contributed by atoms with Crippen LogP contribution < -0.4 is 0 Å². The molecule has 2 heterocycles. The molecule has 278 valence electrons. The van der Waals surface area contributed by atoms with E-state index in [1.807, 2.05) is 19.0 Å². The van der Waals surface area contributed by atoms with Crippen molar-refractivity contribution in [1.82, 2.24) is 4.90 Å². The van der Waals surface area contributed by atoms with Gasteiger partial charge in [-0.3, -0.25) is 14.4 Å². The number of aliphatic hydroxyl groups is 3. The van der Waals surface area contributed by atoms with E-state index < -0.39 is 112 Å². The Morgan fingerprint density at radius 1 is 0.941 bits per heavy atom. The fourth-order valence-electron chi connectivity index (χ4n) is 8.03. The average Bonchev–Trinajstić information content (AvgIpc) is 3.07. The summed E-state index contributed by atoms with van der Waals surface area (Å²) in [6, 6.07) is 3.04. The lowest BCUT2D eigenvalue weighted by molar-refractivity contribution is -0.310. The van der Waals surface area contributed by atoms with Crippen molar-refractivity contribution in [3.63, 3.8) is 0 Å². The third kappa shape index (κ3) is 6.18. The molecule has 0 amide bonds. The van der Waals surface area contributed by atoms with Gasteiger partial charge in [-0.25, -0.2) is 0 Å². The van der Waals surface area contributed by atoms with Crippen LogP contribution in [0.25, 0.3) is 0 Å². The van der Waals surface area contributed by atoms with Crippen molar-refractivity contribution in [3.05, 3.63) is 51.6 Å². The molecule has 2 aliphatic heterocycles. The smallest absolute Gasteiger partial charge is 0.316 e. The van der Waals surface area contributed by atoms with Crippen molar-refractivity contribution in [2.75, 3.05) is 21.2 Å². The van der Waals surface area contributed by atoms with Gasteiger partial charge in [0.05, 0.1) is 53.8 Å². The fraction of sp³-hybridized carbons (Fsp3) is 0.583. The number of carbonyl (C=O) groups excluding carboxylic acids is 3. The summed E-state index contributed by atoms with van der Waals surface area (Å²) in [5.41, 5.74) is -3.53. The molecule has 2 aromatic rings. The highest BCUT2D eigenvalue weighted by atomic mass is 16.7. The number of ketones is 2. The maximum atomic E-state index is 13.9. The van der Waals surface area contributed by atoms with Gasteiger partial charge in [-0.2, -0.15) is 0 Å². The zero-order chi connectivity index (χ0) is 37.3. The molecule has 2 saturated heterocycles. The number of fused-ring (bicyclic) bond motifs is 3. The lowest BCUT2D eigenvalue weighted by Crippen LogP contribution is -2.57. The highest BCUT2D eigenvalue weighted by molar-refractivity contribution is 6.31. The van der Waals surface area contributed by atoms with E-state index in [0.717, 1.165) is 19.2 Å². The summed E-state index contributed by atoms with van der Waals surface area (Å²) in [7, 11) is 4.83. The second-order valence-corrected chi connectivity index (χ2v) is 14.1. The molecule has 2 fully saturated rings. The summed E-state index contributed by atoms with van der Waals surface area (Å²) in [4.78, 5) is 42.9. The summed E-state index contributed by atoms with van der Waals surface area (Å²) in [6.07, 6.45) is -6.80. The van der Waals surface area contributed by atoms with E-state index in [0.29, 0.717) is 0 Å². The topological polar surface area (TPSA) is 222 Å². The van der Waals surface area contributed by atoms with Crippen molar-refractivity contribution in [3.8, 4) is 17.2 Å². The molecular weight excluding hydrogens is 670 g/mol. The Kier molecular flexibility index (Phi) is 9.97. The lowest BCUT2D eigenvalue weighted by atomic mass is 9.67. The molecule has 15 heteroatoms. The molecular formula is C36H45NO14. The van der Waals surface area contributed by atoms with Gasteiger partial charge >= 0.3 is 5.97 Å². The minimum absolute atomic E-state index is 0.00137. The first kappa shape index (κ1) is 37.1. The summed E-state index contributed by atoms with van der Waals surface area (Å²) >= 11 is 0. The number of carbonyl (C=O) groups is 3. The molecule has 2 aliphatic carbocycles. The number of likely N-dealkylation sites (N-methyl/N-ethyl adjacent to an activating group) is 1. The van der Waals surface area contributed by atoms with Crippen molar-refractivity contribution in [1.29, 1.82) is 0 Å². The molecule has 11 atom stereocenters. The van der Waals surface area contributed by atoms with Gasteiger partial charge in [-0.05, 0) is 58.1 Å². The Hall–Kier alpha value is -3.67. The molecule has 0 aromatic heterocycles. The van der Waals surface area contributed by atoms with Crippen LogP contribution in [0.2, 0.25) is 0 Å². The number of aliphatic hydroxyl groups excluding tert-OH is 2. The van der Waals surface area contributed by atoms with Crippen LogP contribution in [0, 0.1) is 0 Å². The zero-order valence-electron chi connectivity index (χ0n) is 29.2. The monoisotopic (exact) mass is 715 g/mol. The van der Waals surface area contributed by atoms with Crippen molar-refractivity contribution >= 4 is 17.5 Å². The number of phenolic OH excluding ortho intramolecular Hbond substituents is 3. The number of esters is 1. The Bertz CT molecular complexity index is 1720. The number of ether oxygens (including phenoxy) is 5. The highest BCUT2D eigenvalue weighted by Crippen LogP contribution is 2.54. The van der Waals surface area contributed by atoms with Gasteiger partial charge in [0.2, 0.25) is 5.78 Å². The van der Waals surface area contributed by atoms with Crippen LogP contribution in [-0.4, -0.2) is 129 Å². The van der Waals surface area contributed by atoms with E-state index in [1.54, 1.807) is 20.8 Å². The fourth-order valence-corrected chi connectivity index (χ4v) is 8.03. The van der Waals surface area contributed by atoms with Gasteiger partial charge in [-0.1, -0.05) is 6.92 Å². The molecule has 0 bridgehead atoms. The van der Waals surface area contributed by atoms with Gasteiger partial charge < -0.3 is 59.2 Å². The van der Waals surface area contributed by atoms with Crippen molar-refractivity contribution in [2.45, 2.75) is 113 Å². The Morgan fingerprint density at radius 3 is 2.14 bits per heavy atom. The minimum Gasteiger partial charge on any atom is -0.507 e. The molecule has 51 heavy (non-hydrogen) atoms. The Balaban J connectivity index is 1.39. The van der Waals surface area contributed by atoms with Gasteiger partial charge in [0, 0.05) is 36.4 Å². The largest absolute Gasteiger partial charge is 0.507 e. The molecule has 6 rings (SSSR count). The number of rotatable bonds is 7. The molecule has 0 radical (unpaired) electrons. The van der Waals surface area contributed by atoms with Crippen LogP contribution in [0.15, 0.2) is 18.2 Å². The van der Waals surface area contributed by atoms with E-state index in [9.17, 15) is 45.0 Å². The number of aromatic hydroxyl groups is 3. The predicted molar refractivity (Wildman–Crippen MR) is 175 cm³/mol. The van der Waals surface area contributed by atoms with Gasteiger partial charge in [0.25, 0.3) is 0 Å². The predicted octanol–water partition coefficient (Wildman–Crippen LogP) is 1.74. The lowest BCUT2D eigenvalue weighted by Gasteiger charge is -2.48. The number of hydrogen-bond acceptors (Lipinski definition) is 15.